The van der Waals surface area contributed by atoms with Crippen molar-refractivity contribution in [1.82, 2.24) is 20.5 Å². The molecule has 1 aliphatic heterocycles. The van der Waals surface area contributed by atoms with E-state index >= 15 is 0 Å². The smallest absolute Gasteiger partial charge is 0.411 e. The Morgan fingerprint density at radius 2 is 1.57 bits per heavy atom. The first-order valence-electron chi connectivity index (χ1n) is 23.5. The number of aromatic nitrogens is 1. The lowest BCUT2D eigenvalue weighted by Gasteiger charge is -2.39. The summed E-state index contributed by atoms with van der Waals surface area (Å²) in [6.07, 6.45) is 1.49. The molecule has 0 saturated carbocycles. The first-order chi connectivity index (χ1) is 32.6. The Kier molecular flexibility index (Phi) is 16.3. The Morgan fingerprint density at radius 1 is 0.838 bits per heavy atom. The number of fused-ring (bicyclic) bond motifs is 1. The van der Waals surface area contributed by atoms with Gasteiger partial charge in [-0.05, 0) is 109 Å². The van der Waals surface area contributed by atoms with Crippen molar-refractivity contribution >= 4 is 48.5 Å². The van der Waals surface area contributed by atoms with Crippen molar-refractivity contribution < 1.29 is 28.7 Å². The highest BCUT2D eigenvalue weighted by atomic mass is 28.4. The zero-order valence-electron chi connectivity index (χ0n) is 39.7. The molecule has 0 radical (unpaired) electrons. The second-order valence-corrected chi connectivity index (χ2v) is 23.7. The van der Waals surface area contributed by atoms with Crippen molar-refractivity contribution in [3.8, 4) is 16.9 Å². The number of H-pyrrole nitrogens is 1. The zero-order chi connectivity index (χ0) is 48.3. The van der Waals surface area contributed by atoms with Crippen LogP contribution in [0.2, 0.25) is 18.1 Å². The zero-order valence-corrected chi connectivity index (χ0v) is 40.7. The van der Waals surface area contributed by atoms with Crippen LogP contribution in [0, 0.1) is 0 Å². The molecular weight excluding hydrogens is 873 g/mol. The van der Waals surface area contributed by atoms with E-state index in [-0.39, 0.29) is 40.4 Å². The van der Waals surface area contributed by atoms with Gasteiger partial charge in [0.05, 0.1) is 17.3 Å². The highest BCUT2D eigenvalue weighted by Gasteiger charge is 2.40. The molecule has 0 bridgehead atoms. The fourth-order valence-electron chi connectivity index (χ4n) is 8.09. The van der Waals surface area contributed by atoms with Gasteiger partial charge >= 0.3 is 6.09 Å². The number of nitrogens with zero attached hydrogens (tertiary/aromatic N) is 1. The summed E-state index contributed by atoms with van der Waals surface area (Å²) in [5, 5.41) is 23.7. The maximum Gasteiger partial charge on any atom is 0.411 e. The van der Waals surface area contributed by atoms with Crippen molar-refractivity contribution in [3.63, 3.8) is 0 Å². The lowest BCUT2D eigenvalue weighted by molar-refractivity contribution is -0.121. The van der Waals surface area contributed by atoms with Crippen LogP contribution in [-0.4, -0.2) is 80.0 Å². The third-order valence-corrected chi connectivity index (χ3v) is 17.5. The number of phenolic OH excluding ortho intramolecular Hbond substituents is 1. The Bertz CT molecular complexity index is 2730. The molecule has 13 nitrogen and oxygen atoms in total. The minimum absolute atomic E-state index is 0.0188. The summed E-state index contributed by atoms with van der Waals surface area (Å²) in [7, 11) is -2.21. The summed E-state index contributed by atoms with van der Waals surface area (Å²) in [6.45, 7) is 14.6. The van der Waals surface area contributed by atoms with Gasteiger partial charge in [0.15, 0.2) is 8.32 Å². The van der Waals surface area contributed by atoms with Crippen LogP contribution in [0.25, 0.3) is 22.0 Å². The molecule has 356 valence electrons. The number of anilines is 2. The molecule has 1 atom stereocenters. The summed E-state index contributed by atoms with van der Waals surface area (Å²) in [5.41, 5.74) is 6.75. The van der Waals surface area contributed by atoms with E-state index < -0.39 is 14.4 Å². The number of hydrogen-bond acceptors (Lipinski definition) is 9. The second kappa shape index (κ2) is 22.5. The number of hydrogen-bond donors (Lipinski definition) is 6. The molecule has 2 heterocycles. The van der Waals surface area contributed by atoms with Gasteiger partial charge < -0.3 is 40.1 Å². The molecule has 1 aromatic heterocycles. The van der Waals surface area contributed by atoms with Crippen LogP contribution in [0.1, 0.15) is 73.2 Å². The Labute approximate surface area is 399 Å². The Balaban J connectivity index is 0.819. The second-order valence-electron chi connectivity index (χ2n) is 19.0. The monoisotopic (exact) mass is 936 g/mol. The van der Waals surface area contributed by atoms with Crippen LogP contribution in [0.3, 0.4) is 0 Å². The third-order valence-electron chi connectivity index (χ3n) is 13.0. The van der Waals surface area contributed by atoms with Crippen LogP contribution < -0.4 is 26.8 Å². The summed E-state index contributed by atoms with van der Waals surface area (Å²) in [5.74, 6) is -0.299. The number of benzene rings is 5. The van der Waals surface area contributed by atoms with Crippen molar-refractivity contribution in [2.24, 2.45) is 0 Å². The Morgan fingerprint density at radius 3 is 2.32 bits per heavy atom. The molecule has 5 aromatic carbocycles. The quantitative estimate of drug-likeness (QED) is 0.0362. The SMILES string of the molecule is CC(C)(C)[Si](C)(C)O[C@H](CNCCc1ccc(NC(=O)c2cccc(CNC(=O)CCN3CCC(OC(=O)Nc4ccccc4-c4ccccc4)CC3)c2)cc1)c1ccc(O)c2[nH]c(=O)ccc12. The Hall–Kier alpha value is -6.58. The van der Waals surface area contributed by atoms with Crippen LogP contribution in [-0.2, 0) is 26.9 Å². The minimum Gasteiger partial charge on any atom is -0.506 e. The summed E-state index contributed by atoms with van der Waals surface area (Å²) >= 11 is 0. The van der Waals surface area contributed by atoms with Gasteiger partial charge in [-0.25, -0.2) is 4.79 Å². The molecule has 0 aliphatic carbocycles. The van der Waals surface area contributed by atoms with Crippen molar-refractivity contribution in [1.29, 1.82) is 0 Å². The number of ether oxygens (including phenoxy) is 1. The topological polar surface area (TPSA) is 174 Å². The first kappa shape index (κ1) is 49.3. The predicted molar refractivity (Wildman–Crippen MR) is 273 cm³/mol. The molecular formula is C54H64N6O7Si. The van der Waals surface area contributed by atoms with Gasteiger partial charge in [-0.3, -0.25) is 19.7 Å². The molecule has 6 N–H and O–H groups in total. The largest absolute Gasteiger partial charge is 0.506 e. The average molecular weight is 937 g/mol. The fourth-order valence-corrected chi connectivity index (χ4v) is 9.36. The molecule has 1 aliphatic rings. The number of para-hydroxylation sites is 1. The average Bonchev–Trinajstić information content (AvgIpc) is 3.32. The molecule has 1 saturated heterocycles. The van der Waals surface area contributed by atoms with Crippen LogP contribution in [0.5, 0.6) is 5.75 Å². The summed E-state index contributed by atoms with van der Waals surface area (Å²) in [6, 6.07) is 39.3. The molecule has 3 amide bonds. The van der Waals surface area contributed by atoms with E-state index in [0.29, 0.717) is 67.9 Å². The molecule has 1 fully saturated rings. The van der Waals surface area contributed by atoms with E-state index in [1.807, 2.05) is 97.1 Å². The maximum atomic E-state index is 13.3. The van der Waals surface area contributed by atoms with Gasteiger partial charge in [-0.1, -0.05) is 99.6 Å². The number of aromatic hydroxyl groups is 1. The number of piperidine rings is 1. The van der Waals surface area contributed by atoms with E-state index in [1.54, 1.807) is 24.3 Å². The third kappa shape index (κ3) is 13.3. The summed E-state index contributed by atoms with van der Waals surface area (Å²) < 4.78 is 12.7. The standard InChI is InChI=1S/C54H64N6O7Si/c1-54(2,3)68(4,5)67-48(44-22-24-47(61)51-45(44)23-25-50(63)59-51)36-55-30-26-37-18-20-41(21-19-37)57-52(64)40-15-11-12-38(34-40)35-56-49(62)29-33-60-31-27-42(28-32-60)66-53(65)58-46-17-10-9-16-43(46)39-13-7-6-8-14-39/h6-25,34,42,48,55,61H,26-33,35-36H2,1-5H3,(H,56,62)(H,57,64)(H,58,65)(H,59,63)/t48-/m1/s1. The molecule has 68 heavy (non-hydrogen) atoms. The molecule has 7 rings (SSSR count). The molecule has 0 unspecified atom stereocenters. The number of phenols is 1. The van der Waals surface area contributed by atoms with Crippen molar-refractivity contribution in [2.75, 3.05) is 43.4 Å². The van der Waals surface area contributed by atoms with E-state index in [2.05, 4.69) is 65.0 Å². The van der Waals surface area contributed by atoms with E-state index in [0.717, 1.165) is 52.7 Å². The highest BCUT2D eigenvalue weighted by molar-refractivity contribution is 6.74. The number of aromatic amines is 1. The number of amides is 3. The highest BCUT2D eigenvalue weighted by Crippen LogP contribution is 2.41. The minimum atomic E-state index is -2.21. The van der Waals surface area contributed by atoms with E-state index in [1.165, 1.54) is 6.07 Å². The predicted octanol–water partition coefficient (Wildman–Crippen LogP) is 9.77. The normalized spacial score (nSPS) is 14.0. The van der Waals surface area contributed by atoms with Gasteiger partial charge in [-0.2, -0.15) is 0 Å². The van der Waals surface area contributed by atoms with Crippen LogP contribution in [0.4, 0.5) is 16.2 Å². The van der Waals surface area contributed by atoms with Crippen LogP contribution >= 0.6 is 0 Å². The number of carbonyl (C=O) groups is 3. The van der Waals surface area contributed by atoms with Gasteiger partial charge in [-0.15, -0.1) is 0 Å². The van der Waals surface area contributed by atoms with E-state index in [4.69, 9.17) is 9.16 Å². The number of nitrogens with one attached hydrogen (secondary N) is 5. The van der Waals surface area contributed by atoms with Gasteiger partial charge in [0, 0.05) is 67.4 Å². The lowest BCUT2D eigenvalue weighted by Crippen LogP contribution is -2.43. The molecule has 6 aromatic rings. The number of likely N-dealkylation sites (tertiary alicyclic amines) is 1. The van der Waals surface area contributed by atoms with E-state index in [9.17, 15) is 24.3 Å². The number of pyridine rings is 1. The maximum absolute atomic E-state index is 13.3. The summed E-state index contributed by atoms with van der Waals surface area (Å²) in [4.78, 5) is 56.0. The van der Waals surface area contributed by atoms with Crippen molar-refractivity contribution in [3.05, 3.63) is 160 Å². The van der Waals surface area contributed by atoms with Crippen molar-refractivity contribution in [2.45, 2.75) is 83.3 Å². The number of rotatable bonds is 18. The number of carbonyl (C=O) groups excluding carboxylic acids is 3. The van der Waals surface area contributed by atoms with Gasteiger partial charge in [0.2, 0.25) is 11.5 Å². The van der Waals surface area contributed by atoms with Crippen LogP contribution in [0.15, 0.2) is 132 Å². The fraction of sp³-hybridized carbons (Fsp3) is 0.333. The first-order valence-corrected chi connectivity index (χ1v) is 26.4. The van der Waals surface area contributed by atoms with Gasteiger partial charge in [0.25, 0.3) is 5.91 Å². The molecule has 14 heteroatoms. The lowest BCUT2D eigenvalue weighted by atomic mass is 10.0. The van der Waals surface area contributed by atoms with Gasteiger partial charge in [0.1, 0.15) is 11.9 Å². The molecule has 0 spiro atoms.